The fraction of sp³-hybridized carbons (Fsp3) is 0.500. The van der Waals surface area contributed by atoms with E-state index in [1.54, 1.807) is 0 Å². The molecule has 1 amide bonds. The van der Waals surface area contributed by atoms with Gasteiger partial charge in [-0.15, -0.1) is 0 Å². The zero-order chi connectivity index (χ0) is 14.3. The van der Waals surface area contributed by atoms with E-state index >= 15 is 0 Å². The molecule has 5 heteroatoms. The molecule has 0 atom stereocenters. The second-order valence-corrected chi connectivity index (χ2v) is 4.43. The maximum absolute atomic E-state index is 12.3. The molecule has 0 saturated carbocycles. The Labute approximate surface area is 111 Å². The third kappa shape index (κ3) is 5.77. The van der Waals surface area contributed by atoms with Crippen molar-refractivity contribution in [3.8, 4) is 0 Å². The lowest BCUT2D eigenvalue weighted by Crippen LogP contribution is -2.26. The van der Waals surface area contributed by atoms with Crippen LogP contribution < -0.4 is 5.32 Å². The van der Waals surface area contributed by atoms with Gasteiger partial charge >= 0.3 is 6.18 Å². The molecule has 0 bridgehead atoms. The zero-order valence-electron chi connectivity index (χ0n) is 10.9. The second-order valence-electron chi connectivity index (χ2n) is 4.43. The molecule has 0 aliphatic carbocycles. The van der Waals surface area contributed by atoms with Crippen LogP contribution in [0.4, 0.5) is 13.2 Å². The summed E-state index contributed by atoms with van der Waals surface area (Å²) in [6.45, 7) is 2.69. The highest BCUT2D eigenvalue weighted by molar-refractivity contribution is 5.78. The highest BCUT2D eigenvalue weighted by Gasteiger charge is 2.29. The third-order valence-corrected chi connectivity index (χ3v) is 2.75. The van der Waals surface area contributed by atoms with Crippen LogP contribution in [0, 0.1) is 0 Å². The van der Waals surface area contributed by atoms with Crippen molar-refractivity contribution in [2.24, 2.45) is 0 Å². The lowest BCUT2D eigenvalue weighted by Gasteiger charge is -2.08. The van der Waals surface area contributed by atoms with Crippen LogP contribution in [-0.4, -0.2) is 12.5 Å². The van der Waals surface area contributed by atoms with Crippen LogP contribution in [0.1, 0.15) is 37.3 Å². The van der Waals surface area contributed by atoms with E-state index in [1.807, 2.05) is 0 Å². The Balaban J connectivity index is 2.43. The molecular formula is C14H18F3NO. The van der Waals surface area contributed by atoms with Crippen molar-refractivity contribution in [3.63, 3.8) is 0 Å². The van der Waals surface area contributed by atoms with Gasteiger partial charge in [-0.05, 0) is 24.1 Å². The maximum atomic E-state index is 12.3. The molecule has 0 radical (unpaired) electrons. The van der Waals surface area contributed by atoms with Gasteiger partial charge in [0.1, 0.15) is 0 Å². The van der Waals surface area contributed by atoms with Gasteiger partial charge < -0.3 is 5.32 Å². The standard InChI is InChI=1S/C14H18F3NO/c1-2-3-4-9-18-13(19)10-11-5-7-12(8-6-11)14(15,16)17/h5-8H,2-4,9-10H2,1H3,(H,18,19). The number of halogens is 3. The molecule has 106 valence electrons. The Morgan fingerprint density at radius 3 is 2.32 bits per heavy atom. The number of hydrogen-bond acceptors (Lipinski definition) is 1. The maximum Gasteiger partial charge on any atom is 0.416 e. The van der Waals surface area contributed by atoms with Crippen LogP contribution in [0.2, 0.25) is 0 Å². The number of unbranched alkanes of at least 4 members (excludes halogenated alkanes) is 2. The first kappa shape index (κ1) is 15.5. The number of nitrogens with one attached hydrogen (secondary N) is 1. The van der Waals surface area contributed by atoms with Gasteiger partial charge in [0.05, 0.1) is 12.0 Å². The Bertz CT molecular complexity index is 398. The topological polar surface area (TPSA) is 29.1 Å². The van der Waals surface area contributed by atoms with Gasteiger partial charge in [0.2, 0.25) is 5.91 Å². The van der Waals surface area contributed by atoms with E-state index in [2.05, 4.69) is 12.2 Å². The van der Waals surface area contributed by atoms with Gasteiger partial charge in [0.25, 0.3) is 0 Å². The van der Waals surface area contributed by atoms with Gasteiger partial charge in [-0.2, -0.15) is 13.2 Å². The second kappa shape index (κ2) is 7.16. The van der Waals surface area contributed by atoms with Gasteiger partial charge in [-0.1, -0.05) is 31.9 Å². The zero-order valence-corrected chi connectivity index (χ0v) is 10.9. The molecule has 0 aromatic heterocycles. The van der Waals surface area contributed by atoms with Crippen molar-refractivity contribution >= 4 is 5.91 Å². The largest absolute Gasteiger partial charge is 0.416 e. The smallest absolute Gasteiger partial charge is 0.356 e. The van der Waals surface area contributed by atoms with E-state index in [0.29, 0.717) is 12.1 Å². The van der Waals surface area contributed by atoms with Crippen LogP contribution in [-0.2, 0) is 17.4 Å². The number of benzene rings is 1. The predicted molar refractivity (Wildman–Crippen MR) is 67.7 cm³/mol. The first-order valence-corrected chi connectivity index (χ1v) is 6.36. The molecule has 0 spiro atoms. The molecule has 1 rings (SSSR count). The third-order valence-electron chi connectivity index (χ3n) is 2.75. The van der Waals surface area contributed by atoms with Gasteiger partial charge in [-0.3, -0.25) is 4.79 Å². The summed E-state index contributed by atoms with van der Waals surface area (Å²) in [5, 5.41) is 2.75. The van der Waals surface area contributed by atoms with Crippen LogP contribution in [0.3, 0.4) is 0 Å². The average molecular weight is 273 g/mol. The number of amides is 1. The molecular weight excluding hydrogens is 255 g/mol. The van der Waals surface area contributed by atoms with E-state index in [-0.39, 0.29) is 12.3 Å². The van der Waals surface area contributed by atoms with Crippen LogP contribution in [0.25, 0.3) is 0 Å². The summed E-state index contributed by atoms with van der Waals surface area (Å²) in [6, 6.07) is 4.68. The Morgan fingerprint density at radius 2 is 1.79 bits per heavy atom. The minimum Gasteiger partial charge on any atom is -0.356 e. The van der Waals surface area contributed by atoms with Gasteiger partial charge in [0.15, 0.2) is 0 Å². The summed E-state index contributed by atoms with van der Waals surface area (Å²) in [5.74, 6) is -0.157. The number of carbonyl (C=O) groups is 1. The molecule has 0 heterocycles. The minimum atomic E-state index is -4.33. The molecule has 0 aliphatic heterocycles. The molecule has 1 aromatic carbocycles. The molecule has 19 heavy (non-hydrogen) atoms. The first-order chi connectivity index (χ1) is 8.93. The lowest BCUT2D eigenvalue weighted by molar-refractivity contribution is -0.137. The summed E-state index contributed by atoms with van der Waals surface area (Å²) in [5.41, 5.74) is -0.111. The Kier molecular flexibility index (Phi) is 5.86. The molecule has 0 unspecified atom stereocenters. The number of hydrogen-bond donors (Lipinski definition) is 1. The van der Waals surface area contributed by atoms with Gasteiger partial charge in [0, 0.05) is 6.54 Å². The highest BCUT2D eigenvalue weighted by Crippen LogP contribution is 2.29. The number of carbonyl (C=O) groups excluding carboxylic acids is 1. The van der Waals surface area contributed by atoms with Crippen molar-refractivity contribution in [1.29, 1.82) is 0 Å². The van der Waals surface area contributed by atoms with Crippen LogP contribution in [0.5, 0.6) is 0 Å². The normalized spacial score (nSPS) is 11.4. The van der Waals surface area contributed by atoms with Gasteiger partial charge in [-0.25, -0.2) is 0 Å². The quantitative estimate of drug-likeness (QED) is 0.789. The van der Waals surface area contributed by atoms with Crippen LogP contribution >= 0.6 is 0 Å². The van der Waals surface area contributed by atoms with Crippen LogP contribution in [0.15, 0.2) is 24.3 Å². The van der Waals surface area contributed by atoms with E-state index in [0.717, 1.165) is 31.4 Å². The molecule has 0 fully saturated rings. The fourth-order valence-electron chi connectivity index (χ4n) is 1.66. The summed E-state index contributed by atoms with van der Waals surface area (Å²) < 4.78 is 37.0. The summed E-state index contributed by atoms with van der Waals surface area (Å²) >= 11 is 0. The first-order valence-electron chi connectivity index (χ1n) is 6.36. The number of alkyl halides is 3. The monoisotopic (exact) mass is 273 g/mol. The predicted octanol–water partition coefficient (Wildman–Crippen LogP) is 3.55. The van der Waals surface area contributed by atoms with E-state index in [9.17, 15) is 18.0 Å². The van der Waals surface area contributed by atoms with E-state index < -0.39 is 11.7 Å². The van der Waals surface area contributed by atoms with Crippen molar-refractivity contribution < 1.29 is 18.0 Å². The van der Waals surface area contributed by atoms with E-state index in [1.165, 1.54) is 12.1 Å². The molecule has 0 saturated heterocycles. The van der Waals surface area contributed by atoms with Crippen molar-refractivity contribution in [1.82, 2.24) is 5.32 Å². The van der Waals surface area contributed by atoms with E-state index in [4.69, 9.17) is 0 Å². The Morgan fingerprint density at radius 1 is 1.16 bits per heavy atom. The molecule has 1 N–H and O–H groups in total. The lowest BCUT2D eigenvalue weighted by atomic mass is 10.1. The SMILES string of the molecule is CCCCCNC(=O)Cc1ccc(C(F)(F)F)cc1. The summed E-state index contributed by atoms with van der Waals surface area (Å²) in [7, 11) is 0. The fourth-order valence-corrected chi connectivity index (χ4v) is 1.66. The minimum absolute atomic E-state index is 0.115. The summed E-state index contributed by atoms with van der Waals surface area (Å²) in [4.78, 5) is 11.5. The van der Waals surface area contributed by atoms with Crippen molar-refractivity contribution in [2.75, 3.05) is 6.54 Å². The number of rotatable bonds is 6. The van der Waals surface area contributed by atoms with Crippen molar-refractivity contribution in [2.45, 2.75) is 38.8 Å². The molecule has 1 aromatic rings. The highest BCUT2D eigenvalue weighted by atomic mass is 19.4. The van der Waals surface area contributed by atoms with Crippen molar-refractivity contribution in [3.05, 3.63) is 35.4 Å². The molecule has 2 nitrogen and oxygen atoms in total. The Hall–Kier alpha value is -1.52. The summed E-state index contributed by atoms with van der Waals surface area (Å²) in [6.07, 6.45) is -1.16. The average Bonchev–Trinajstić information content (AvgIpc) is 2.34. The molecule has 0 aliphatic rings.